The van der Waals surface area contributed by atoms with E-state index in [9.17, 15) is 4.79 Å². The second-order valence-electron chi connectivity index (χ2n) is 4.12. The summed E-state index contributed by atoms with van der Waals surface area (Å²) in [5.74, 6) is 0.594. The van der Waals surface area contributed by atoms with Crippen LogP contribution in [0.5, 0.6) is 5.75 Å². The van der Waals surface area contributed by atoms with Gasteiger partial charge in [-0.2, -0.15) is 0 Å². The van der Waals surface area contributed by atoms with Gasteiger partial charge in [-0.05, 0) is 18.6 Å². The number of rotatable bonds is 9. The van der Waals surface area contributed by atoms with E-state index in [0.29, 0.717) is 18.1 Å². The van der Waals surface area contributed by atoms with Crippen LogP contribution in [0, 0.1) is 0 Å². The molecular weight excluding hydrogens is 214 g/mol. The number of carbonyl (C=O) groups excluding carboxylic acids is 1. The fourth-order valence-electron chi connectivity index (χ4n) is 1.68. The third-order valence-corrected chi connectivity index (χ3v) is 2.67. The molecule has 17 heavy (non-hydrogen) atoms. The molecule has 1 heterocycles. The van der Waals surface area contributed by atoms with Crippen molar-refractivity contribution in [3.63, 3.8) is 0 Å². The maximum atomic E-state index is 10.7. The van der Waals surface area contributed by atoms with E-state index in [2.05, 4.69) is 11.9 Å². The summed E-state index contributed by atoms with van der Waals surface area (Å²) in [6, 6.07) is 3.57. The molecular formula is C14H21NO2. The zero-order chi connectivity index (χ0) is 12.3. The Kier molecular flexibility index (Phi) is 7.03. The van der Waals surface area contributed by atoms with Crippen LogP contribution in [-0.2, 0) is 0 Å². The van der Waals surface area contributed by atoms with E-state index in [1.54, 1.807) is 18.3 Å². The Bertz CT molecular complexity index is 326. The largest absolute Gasteiger partial charge is 0.491 e. The van der Waals surface area contributed by atoms with E-state index in [0.717, 1.165) is 12.7 Å². The lowest BCUT2D eigenvalue weighted by Gasteiger charge is -2.07. The summed E-state index contributed by atoms with van der Waals surface area (Å²) in [5.41, 5.74) is 0.387. The lowest BCUT2D eigenvalue weighted by Crippen LogP contribution is -2.01. The van der Waals surface area contributed by atoms with Gasteiger partial charge in [0.2, 0.25) is 0 Å². The molecule has 1 aromatic rings. The van der Waals surface area contributed by atoms with E-state index < -0.39 is 0 Å². The smallest absolute Gasteiger partial charge is 0.172 e. The van der Waals surface area contributed by atoms with Gasteiger partial charge in [0.05, 0.1) is 6.61 Å². The summed E-state index contributed by atoms with van der Waals surface area (Å²) in [4.78, 5) is 14.6. The van der Waals surface area contributed by atoms with Gasteiger partial charge in [-0.3, -0.25) is 4.79 Å². The average Bonchev–Trinajstić information content (AvgIpc) is 2.38. The number of hydrogen-bond donors (Lipinski definition) is 0. The number of carbonyl (C=O) groups is 1. The predicted octanol–water partition coefficient (Wildman–Crippen LogP) is 3.63. The van der Waals surface area contributed by atoms with E-state index >= 15 is 0 Å². The highest BCUT2D eigenvalue weighted by Crippen LogP contribution is 2.14. The van der Waals surface area contributed by atoms with Gasteiger partial charge in [-0.1, -0.05) is 39.0 Å². The third kappa shape index (κ3) is 5.48. The molecule has 3 nitrogen and oxygen atoms in total. The highest BCUT2D eigenvalue weighted by atomic mass is 16.5. The van der Waals surface area contributed by atoms with Crippen molar-refractivity contribution in [2.45, 2.75) is 45.4 Å². The fraction of sp³-hybridized carbons (Fsp3) is 0.571. The summed E-state index contributed by atoms with van der Waals surface area (Å²) >= 11 is 0. The minimum absolute atomic E-state index is 0.387. The van der Waals surface area contributed by atoms with Crippen molar-refractivity contribution in [3.8, 4) is 5.75 Å². The van der Waals surface area contributed by atoms with Crippen molar-refractivity contribution in [1.29, 1.82) is 0 Å². The van der Waals surface area contributed by atoms with Crippen molar-refractivity contribution < 1.29 is 9.53 Å². The zero-order valence-electron chi connectivity index (χ0n) is 10.5. The van der Waals surface area contributed by atoms with E-state index in [1.807, 2.05) is 0 Å². The molecule has 0 unspecified atom stereocenters. The zero-order valence-corrected chi connectivity index (χ0v) is 10.5. The molecule has 0 amide bonds. The molecule has 3 heteroatoms. The molecule has 0 aliphatic carbocycles. The van der Waals surface area contributed by atoms with Crippen molar-refractivity contribution in [2.24, 2.45) is 0 Å². The average molecular weight is 235 g/mol. The molecule has 0 aromatic carbocycles. The van der Waals surface area contributed by atoms with E-state index in [-0.39, 0.29) is 0 Å². The molecule has 0 saturated carbocycles. The molecule has 0 bridgehead atoms. The number of aromatic nitrogens is 1. The van der Waals surface area contributed by atoms with Gasteiger partial charge in [0.15, 0.2) is 6.29 Å². The summed E-state index contributed by atoms with van der Waals surface area (Å²) < 4.78 is 5.54. The van der Waals surface area contributed by atoms with Gasteiger partial charge in [0.25, 0.3) is 0 Å². The van der Waals surface area contributed by atoms with Crippen molar-refractivity contribution in [1.82, 2.24) is 4.98 Å². The normalized spacial score (nSPS) is 10.2. The van der Waals surface area contributed by atoms with Crippen LogP contribution in [0.4, 0.5) is 0 Å². The van der Waals surface area contributed by atoms with Gasteiger partial charge in [0.1, 0.15) is 11.4 Å². The summed E-state index contributed by atoms with van der Waals surface area (Å²) in [6.07, 6.45) is 9.73. The topological polar surface area (TPSA) is 39.2 Å². The lowest BCUT2D eigenvalue weighted by molar-refractivity contribution is 0.111. The molecule has 0 radical (unpaired) electrons. The standard InChI is InChI=1S/C14H21NO2/c1-2-3-4-5-6-7-11-17-14-9-8-10-15-13(14)12-16/h8-10,12H,2-7,11H2,1H3. The van der Waals surface area contributed by atoms with Crippen LogP contribution in [0.3, 0.4) is 0 Å². The second-order valence-corrected chi connectivity index (χ2v) is 4.12. The molecule has 0 fully saturated rings. The maximum absolute atomic E-state index is 10.7. The molecule has 0 aliphatic rings. The lowest BCUT2D eigenvalue weighted by atomic mass is 10.1. The summed E-state index contributed by atoms with van der Waals surface area (Å²) in [6.45, 7) is 2.88. The fourth-order valence-corrected chi connectivity index (χ4v) is 1.68. The molecule has 0 aliphatic heterocycles. The van der Waals surface area contributed by atoms with E-state index in [4.69, 9.17) is 4.74 Å². The van der Waals surface area contributed by atoms with Crippen molar-refractivity contribution in [3.05, 3.63) is 24.0 Å². The molecule has 1 rings (SSSR count). The first-order valence-corrected chi connectivity index (χ1v) is 6.41. The number of ether oxygens (including phenoxy) is 1. The Labute approximate surface area is 103 Å². The third-order valence-electron chi connectivity index (χ3n) is 2.67. The van der Waals surface area contributed by atoms with Crippen LogP contribution in [0.15, 0.2) is 18.3 Å². The minimum atomic E-state index is 0.387. The number of hydrogen-bond acceptors (Lipinski definition) is 3. The first kappa shape index (κ1) is 13.7. The Morgan fingerprint density at radius 3 is 2.76 bits per heavy atom. The Hall–Kier alpha value is -1.38. The van der Waals surface area contributed by atoms with Crippen LogP contribution in [-0.4, -0.2) is 17.9 Å². The molecule has 1 aromatic heterocycles. The van der Waals surface area contributed by atoms with E-state index in [1.165, 1.54) is 32.1 Å². The van der Waals surface area contributed by atoms with Gasteiger partial charge in [-0.15, -0.1) is 0 Å². The Morgan fingerprint density at radius 2 is 2.00 bits per heavy atom. The Balaban J connectivity index is 2.15. The summed E-state index contributed by atoms with van der Waals surface area (Å²) in [7, 11) is 0. The van der Waals surface area contributed by atoms with Gasteiger partial charge in [0, 0.05) is 6.20 Å². The summed E-state index contributed by atoms with van der Waals surface area (Å²) in [5, 5.41) is 0. The first-order valence-electron chi connectivity index (χ1n) is 6.41. The van der Waals surface area contributed by atoms with Crippen LogP contribution < -0.4 is 4.74 Å². The second kappa shape index (κ2) is 8.74. The minimum Gasteiger partial charge on any atom is -0.491 e. The SMILES string of the molecule is CCCCCCCCOc1cccnc1C=O. The number of aldehydes is 1. The van der Waals surface area contributed by atoms with Crippen LogP contribution >= 0.6 is 0 Å². The molecule has 0 spiro atoms. The quantitative estimate of drug-likeness (QED) is 0.484. The molecule has 0 saturated heterocycles. The first-order chi connectivity index (χ1) is 8.38. The highest BCUT2D eigenvalue weighted by molar-refractivity contribution is 5.75. The van der Waals surface area contributed by atoms with Crippen molar-refractivity contribution >= 4 is 6.29 Å². The molecule has 94 valence electrons. The highest BCUT2D eigenvalue weighted by Gasteiger charge is 2.02. The number of nitrogens with zero attached hydrogens (tertiary/aromatic N) is 1. The maximum Gasteiger partial charge on any atom is 0.172 e. The van der Waals surface area contributed by atoms with Crippen LogP contribution in [0.1, 0.15) is 55.9 Å². The molecule has 0 atom stereocenters. The van der Waals surface area contributed by atoms with Crippen molar-refractivity contribution in [2.75, 3.05) is 6.61 Å². The Morgan fingerprint density at radius 1 is 1.24 bits per heavy atom. The van der Waals surface area contributed by atoms with Gasteiger partial charge in [-0.25, -0.2) is 4.98 Å². The van der Waals surface area contributed by atoms with Crippen LogP contribution in [0.2, 0.25) is 0 Å². The molecule has 0 N–H and O–H groups in total. The number of pyridine rings is 1. The number of unbranched alkanes of at least 4 members (excludes halogenated alkanes) is 5. The predicted molar refractivity (Wildman–Crippen MR) is 68.5 cm³/mol. The van der Waals surface area contributed by atoms with Gasteiger partial charge >= 0.3 is 0 Å². The van der Waals surface area contributed by atoms with Crippen LogP contribution in [0.25, 0.3) is 0 Å². The van der Waals surface area contributed by atoms with Gasteiger partial charge < -0.3 is 4.74 Å². The monoisotopic (exact) mass is 235 g/mol.